The maximum absolute atomic E-state index is 7.26. The van der Waals surface area contributed by atoms with Gasteiger partial charge < -0.3 is 0 Å². The molecular formula is C6H8N4. The summed E-state index contributed by atoms with van der Waals surface area (Å²) in [5, 5.41) is 10.4. The molecule has 4 nitrogen and oxygen atoms in total. The highest BCUT2D eigenvalue weighted by Crippen LogP contribution is 1.89. The van der Waals surface area contributed by atoms with Gasteiger partial charge in [0.05, 0.1) is 0 Å². The molecule has 0 atom stereocenters. The Hall–Kier alpha value is -1.45. The van der Waals surface area contributed by atoms with E-state index >= 15 is 0 Å². The van der Waals surface area contributed by atoms with E-state index in [0.717, 1.165) is 5.56 Å². The van der Waals surface area contributed by atoms with Crippen molar-refractivity contribution in [2.45, 2.75) is 6.92 Å². The summed E-state index contributed by atoms with van der Waals surface area (Å²) in [4.78, 5) is 0. The smallest absolute Gasteiger partial charge is 0.147 e. The highest BCUT2D eigenvalue weighted by molar-refractivity contribution is 5.06. The molecule has 0 aliphatic rings. The van der Waals surface area contributed by atoms with Crippen LogP contribution in [0.15, 0.2) is 23.6 Å². The summed E-state index contributed by atoms with van der Waals surface area (Å²) in [5.41, 5.74) is 7.86. The van der Waals surface area contributed by atoms with Gasteiger partial charge in [-0.1, -0.05) is 5.22 Å². The number of aryl methyl sites for hydroxylation is 1. The van der Waals surface area contributed by atoms with Crippen LogP contribution in [-0.2, 0) is 0 Å². The third-order valence-electron chi connectivity index (χ3n) is 1.20. The Kier molecular flexibility index (Phi) is 1.62. The number of nitrogens with zero attached hydrogens (tertiary/aromatic N) is 2. The monoisotopic (exact) mass is 136 g/mol. The van der Waals surface area contributed by atoms with Gasteiger partial charge in [-0.15, -0.1) is 0 Å². The van der Waals surface area contributed by atoms with Crippen LogP contribution in [-0.4, -0.2) is 4.68 Å². The summed E-state index contributed by atoms with van der Waals surface area (Å²) in [6.07, 6.45) is 1.59. The Bertz CT molecular complexity index is 299. The average molecular weight is 136 g/mol. The van der Waals surface area contributed by atoms with E-state index in [9.17, 15) is 0 Å². The standard InChI is InChI=1S/C6H8N4/c1-5-2-3-10(9-8)6(7)4-5/h2-4,7-8H,1H3. The fraction of sp³-hybridized carbons (Fsp3) is 0.167. The molecule has 0 aliphatic carbocycles. The zero-order chi connectivity index (χ0) is 7.56. The minimum absolute atomic E-state index is 0.231. The summed E-state index contributed by atoms with van der Waals surface area (Å²) >= 11 is 0. The highest BCUT2D eigenvalue weighted by Gasteiger charge is 1.87. The minimum atomic E-state index is 0.231. The molecule has 1 heterocycles. The topological polar surface area (TPSA) is 65.0 Å². The van der Waals surface area contributed by atoms with Crippen molar-refractivity contribution in [3.63, 3.8) is 0 Å². The summed E-state index contributed by atoms with van der Waals surface area (Å²) in [7, 11) is 0. The van der Waals surface area contributed by atoms with Gasteiger partial charge in [-0.3, -0.25) is 5.41 Å². The Morgan fingerprint density at radius 2 is 2.30 bits per heavy atom. The van der Waals surface area contributed by atoms with Crippen LogP contribution in [0, 0.1) is 17.9 Å². The molecule has 52 valence electrons. The fourth-order valence-electron chi connectivity index (χ4n) is 0.686. The minimum Gasteiger partial charge on any atom is -0.283 e. The predicted molar refractivity (Wildman–Crippen MR) is 35.6 cm³/mol. The molecule has 1 rings (SSSR count). The summed E-state index contributed by atoms with van der Waals surface area (Å²) in [6, 6.07) is 3.45. The normalized spacial score (nSPS) is 9.30. The predicted octanol–water partition coefficient (Wildman–Crippen LogP) is 1.07. The van der Waals surface area contributed by atoms with Gasteiger partial charge in [0.15, 0.2) is 0 Å². The molecule has 0 unspecified atom stereocenters. The lowest BCUT2D eigenvalue weighted by Crippen LogP contribution is -2.13. The van der Waals surface area contributed by atoms with E-state index in [0.29, 0.717) is 0 Å². The second-order valence-electron chi connectivity index (χ2n) is 2.03. The molecule has 0 amide bonds. The Labute approximate surface area is 58.1 Å². The van der Waals surface area contributed by atoms with Crippen LogP contribution in [0.3, 0.4) is 0 Å². The lowest BCUT2D eigenvalue weighted by molar-refractivity contribution is 0.706. The van der Waals surface area contributed by atoms with Crippen molar-refractivity contribution in [1.82, 2.24) is 4.68 Å². The number of hydrogen-bond donors (Lipinski definition) is 2. The molecule has 0 spiro atoms. The number of hydrogen-bond acceptors (Lipinski definition) is 3. The first kappa shape index (κ1) is 6.67. The zero-order valence-corrected chi connectivity index (χ0v) is 5.63. The molecular weight excluding hydrogens is 128 g/mol. The van der Waals surface area contributed by atoms with Crippen molar-refractivity contribution in [3.05, 3.63) is 29.4 Å². The van der Waals surface area contributed by atoms with Crippen LogP contribution in [0.1, 0.15) is 5.56 Å². The van der Waals surface area contributed by atoms with Gasteiger partial charge >= 0.3 is 0 Å². The van der Waals surface area contributed by atoms with Gasteiger partial charge in [0.25, 0.3) is 0 Å². The summed E-state index contributed by atoms with van der Waals surface area (Å²) in [6.45, 7) is 1.90. The van der Waals surface area contributed by atoms with Crippen molar-refractivity contribution < 1.29 is 0 Å². The van der Waals surface area contributed by atoms with Gasteiger partial charge in [0.2, 0.25) is 0 Å². The number of aromatic nitrogens is 1. The van der Waals surface area contributed by atoms with Crippen molar-refractivity contribution >= 4 is 0 Å². The van der Waals surface area contributed by atoms with Crippen molar-refractivity contribution in [1.29, 1.82) is 10.9 Å². The van der Waals surface area contributed by atoms with E-state index in [1.54, 1.807) is 18.3 Å². The molecule has 1 aromatic heterocycles. The Balaban J connectivity index is 3.33. The maximum Gasteiger partial charge on any atom is 0.147 e. The first-order chi connectivity index (χ1) is 4.74. The molecule has 4 heteroatoms. The maximum atomic E-state index is 7.26. The second kappa shape index (κ2) is 2.43. The van der Waals surface area contributed by atoms with Crippen molar-refractivity contribution in [3.8, 4) is 0 Å². The Morgan fingerprint density at radius 3 is 2.80 bits per heavy atom. The molecule has 0 radical (unpaired) electrons. The largest absolute Gasteiger partial charge is 0.283 e. The molecule has 2 N–H and O–H groups in total. The van der Waals surface area contributed by atoms with Gasteiger partial charge in [-0.2, -0.15) is 5.53 Å². The lowest BCUT2D eigenvalue weighted by Gasteiger charge is -1.95. The lowest BCUT2D eigenvalue weighted by atomic mass is 10.3. The second-order valence-corrected chi connectivity index (χ2v) is 2.03. The molecule has 0 saturated heterocycles. The quantitative estimate of drug-likeness (QED) is 0.542. The van der Waals surface area contributed by atoms with E-state index in [1.807, 2.05) is 6.92 Å². The van der Waals surface area contributed by atoms with Crippen LogP contribution in [0.2, 0.25) is 0 Å². The summed E-state index contributed by atoms with van der Waals surface area (Å²) < 4.78 is 1.19. The number of pyridine rings is 1. The first-order valence-corrected chi connectivity index (χ1v) is 2.85. The van der Waals surface area contributed by atoms with E-state index in [-0.39, 0.29) is 5.49 Å². The van der Waals surface area contributed by atoms with E-state index in [2.05, 4.69) is 5.22 Å². The van der Waals surface area contributed by atoms with Gasteiger partial charge in [-0.25, -0.2) is 4.68 Å². The van der Waals surface area contributed by atoms with Gasteiger partial charge in [-0.05, 0) is 24.6 Å². The van der Waals surface area contributed by atoms with Crippen LogP contribution in [0.4, 0.5) is 0 Å². The van der Waals surface area contributed by atoms with Crippen molar-refractivity contribution in [2.24, 2.45) is 5.22 Å². The third kappa shape index (κ3) is 1.10. The molecule has 0 aliphatic heterocycles. The first-order valence-electron chi connectivity index (χ1n) is 2.85. The van der Waals surface area contributed by atoms with E-state index in [1.165, 1.54) is 4.68 Å². The fourth-order valence-corrected chi connectivity index (χ4v) is 0.686. The highest BCUT2D eigenvalue weighted by atomic mass is 15.4. The van der Waals surface area contributed by atoms with Crippen molar-refractivity contribution in [2.75, 3.05) is 0 Å². The average Bonchev–Trinajstić information content (AvgIpc) is 1.88. The molecule has 0 aromatic carbocycles. The number of rotatable bonds is 1. The Morgan fingerprint density at radius 1 is 1.60 bits per heavy atom. The molecule has 10 heavy (non-hydrogen) atoms. The summed E-state index contributed by atoms with van der Waals surface area (Å²) in [5.74, 6) is 0. The van der Waals surface area contributed by atoms with Gasteiger partial charge in [0, 0.05) is 6.20 Å². The van der Waals surface area contributed by atoms with E-state index < -0.39 is 0 Å². The zero-order valence-electron chi connectivity index (χ0n) is 5.63. The molecule has 1 aromatic rings. The van der Waals surface area contributed by atoms with Crippen LogP contribution >= 0.6 is 0 Å². The molecule has 0 bridgehead atoms. The third-order valence-corrected chi connectivity index (χ3v) is 1.20. The van der Waals surface area contributed by atoms with Gasteiger partial charge in [0.1, 0.15) is 5.49 Å². The molecule has 0 saturated carbocycles. The molecule has 0 fully saturated rings. The number of nitrogens with one attached hydrogen (secondary N) is 2. The van der Waals surface area contributed by atoms with Crippen LogP contribution in [0.5, 0.6) is 0 Å². The van der Waals surface area contributed by atoms with E-state index in [4.69, 9.17) is 10.9 Å². The van der Waals surface area contributed by atoms with Crippen LogP contribution in [0.25, 0.3) is 0 Å². The SMILES string of the molecule is Cc1ccn(N=N)c(=N)c1. The van der Waals surface area contributed by atoms with Crippen LogP contribution < -0.4 is 5.49 Å².